The second-order valence-corrected chi connectivity index (χ2v) is 5.97. The van der Waals surface area contributed by atoms with Crippen LogP contribution < -0.4 is 10.9 Å². The van der Waals surface area contributed by atoms with Crippen molar-refractivity contribution in [2.24, 2.45) is 0 Å². The van der Waals surface area contributed by atoms with E-state index in [0.717, 1.165) is 10.2 Å². The van der Waals surface area contributed by atoms with Crippen molar-refractivity contribution >= 4 is 22.6 Å². The Kier molecular flexibility index (Phi) is 5.61. The van der Waals surface area contributed by atoms with Crippen molar-refractivity contribution in [3.05, 3.63) is 76.2 Å². The molecular formula is C20H19N3O4. The molecule has 3 aromatic rings. The van der Waals surface area contributed by atoms with Crippen LogP contribution in [0.25, 0.3) is 10.8 Å². The molecule has 1 amide bonds. The van der Waals surface area contributed by atoms with Crippen molar-refractivity contribution < 1.29 is 14.3 Å². The summed E-state index contributed by atoms with van der Waals surface area (Å²) in [7, 11) is 1.29. The Bertz CT molecular complexity index is 1030. The number of amides is 1. The highest BCUT2D eigenvalue weighted by molar-refractivity contribution is 5.87. The number of nitrogens with one attached hydrogen (secondary N) is 1. The summed E-state index contributed by atoms with van der Waals surface area (Å²) in [5, 5.41) is 7.97. The molecular weight excluding hydrogens is 346 g/mol. The molecule has 7 heteroatoms. The van der Waals surface area contributed by atoms with Gasteiger partial charge in [0, 0.05) is 11.9 Å². The lowest BCUT2D eigenvalue weighted by Gasteiger charge is -2.11. The van der Waals surface area contributed by atoms with E-state index in [9.17, 15) is 14.4 Å². The minimum atomic E-state index is -0.466. The highest BCUT2D eigenvalue weighted by Crippen LogP contribution is 2.14. The van der Waals surface area contributed by atoms with Gasteiger partial charge in [-0.05, 0) is 11.6 Å². The van der Waals surface area contributed by atoms with Crippen molar-refractivity contribution in [1.82, 2.24) is 15.1 Å². The molecule has 1 N–H and O–H groups in total. The standard InChI is InChI=1S/C20H19N3O4/c1-27-19(25)11-17-15-9-5-6-10-16(15)20(26)23(22-17)13-18(24)21-12-14-7-3-2-4-8-14/h2-10H,11-13H2,1H3,(H,21,24). The Morgan fingerprint density at radius 1 is 1.04 bits per heavy atom. The van der Waals surface area contributed by atoms with Gasteiger partial charge in [-0.1, -0.05) is 48.5 Å². The largest absolute Gasteiger partial charge is 0.469 e. The number of fused-ring (bicyclic) bond motifs is 1. The quantitative estimate of drug-likeness (QED) is 0.668. The molecule has 0 aliphatic rings. The van der Waals surface area contributed by atoms with Gasteiger partial charge in [-0.25, -0.2) is 4.68 Å². The fourth-order valence-corrected chi connectivity index (χ4v) is 2.74. The molecule has 7 nitrogen and oxygen atoms in total. The minimum absolute atomic E-state index is 0.0804. The first-order valence-corrected chi connectivity index (χ1v) is 8.44. The van der Waals surface area contributed by atoms with Crippen LogP contribution >= 0.6 is 0 Å². The van der Waals surface area contributed by atoms with Crippen LogP contribution in [0.4, 0.5) is 0 Å². The van der Waals surface area contributed by atoms with Gasteiger partial charge in [-0.2, -0.15) is 5.10 Å². The van der Waals surface area contributed by atoms with Crippen molar-refractivity contribution in [3.63, 3.8) is 0 Å². The maximum atomic E-state index is 12.7. The van der Waals surface area contributed by atoms with Crippen molar-refractivity contribution in [1.29, 1.82) is 0 Å². The van der Waals surface area contributed by atoms with Gasteiger partial charge < -0.3 is 10.1 Å². The Morgan fingerprint density at radius 2 is 1.70 bits per heavy atom. The van der Waals surface area contributed by atoms with Gasteiger partial charge in [0.15, 0.2) is 0 Å². The van der Waals surface area contributed by atoms with Crippen molar-refractivity contribution in [2.45, 2.75) is 19.5 Å². The SMILES string of the molecule is COC(=O)Cc1nn(CC(=O)NCc2ccccc2)c(=O)c2ccccc12. The van der Waals surface area contributed by atoms with Crippen LogP contribution in [0.1, 0.15) is 11.3 Å². The number of carbonyl (C=O) groups is 2. The molecule has 0 unspecified atom stereocenters. The number of benzene rings is 2. The van der Waals surface area contributed by atoms with Gasteiger partial charge in [-0.3, -0.25) is 14.4 Å². The number of hydrogen-bond donors (Lipinski definition) is 1. The van der Waals surface area contributed by atoms with E-state index in [1.54, 1.807) is 24.3 Å². The first kappa shape index (κ1) is 18.3. The van der Waals surface area contributed by atoms with E-state index in [0.29, 0.717) is 23.0 Å². The third kappa shape index (κ3) is 4.38. The summed E-state index contributed by atoms with van der Waals surface area (Å²) in [5.41, 5.74) is 0.970. The monoisotopic (exact) mass is 365 g/mol. The molecule has 0 spiro atoms. The van der Waals surface area contributed by atoms with Crippen LogP contribution in [0, 0.1) is 0 Å². The molecule has 0 aliphatic carbocycles. The third-order valence-electron chi connectivity index (χ3n) is 4.11. The molecule has 1 heterocycles. The molecule has 0 aliphatic heterocycles. The molecule has 0 atom stereocenters. The van der Waals surface area contributed by atoms with Gasteiger partial charge in [-0.15, -0.1) is 0 Å². The number of aromatic nitrogens is 2. The van der Waals surface area contributed by atoms with Crippen LogP contribution in [0.2, 0.25) is 0 Å². The molecule has 0 fully saturated rings. The Hall–Kier alpha value is -3.48. The number of nitrogens with zero attached hydrogens (tertiary/aromatic N) is 2. The summed E-state index contributed by atoms with van der Waals surface area (Å²) in [4.78, 5) is 36.6. The molecule has 1 aromatic heterocycles. The Labute approximate surface area is 155 Å². The Morgan fingerprint density at radius 3 is 2.41 bits per heavy atom. The number of rotatable bonds is 6. The fourth-order valence-electron chi connectivity index (χ4n) is 2.74. The smallest absolute Gasteiger partial charge is 0.311 e. The fraction of sp³-hybridized carbons (Fsp3) is 0.200. The van der Waals surface area contributed by atoms with Gasteiger partial charge in [0.25, 0.3) is 5.56 Å². The summed E-state index contributed by atoms with van der Waals surface area (Å²) in [6.07, 6.45) is -0.0804. The first-order valence-electron chi connectivity index (χ1n) is 8.44. The average molecular weight is 365 g/mol. The zero-order valence-corrected chi connectivity index (χ0v) is 14.8. The maximum absolute atomic E-state index is 12.7. The predicted molar refractivity (Wildman–Crippen MR) is 100 cm³/mol. The average Bonchev–Trinajstić information content (AvgIpc) is 2.70. The molecule has 2 aromatic carbocycles. The minimum Gasteiger partial charge on any atom is -0.469 e. The molecule has 0 radical (unpaired) electrons. The summed E-state index contributed by atoms with van der Waals surface area (Å²) in [6.45, 7) is 0.127. The van der Waals surface area contributed by atoms with Gasteiger partial charge in [0.05, 0.1) is 24.6 Å². The lowest BCUT2D eigenvalue weighted by atomic mass is 10.1. The maximum Gasteiger partial charge on any atom is 0.311 e. The second kappa shape index (κ2) is 8.27. The van der Waals surface area contributed by atoms with E-state index < -0.39 is 5.97 Å². The molecule has 27 heavy (non-hydrogen) atoms. The topological polar surface area (TPSA) is 90.3 Å². The third-order valence-corrected chi connectivity index (χ3v) is 4.11. The lowest BCUT2D eigenvalue weighted by molar-refractivity contribution is -0.139. The summed E-state index contributed by atoms with van der Waals surface area (Å²) in [6, 6.07) is 16.3. The molecule has 0 saturated heterocycles. The van der Waals surface area contributed by atoms with E-state index >= 15 is 0 Å². The normalized spacial score (nSPS) is 10.6. The van der Waals surface area contributed by atoms with Crippen LogP contribution in [0.15, 0.2) is 59.4 Å². The lowest BCUT2D eigenvalue weighted by Crippen LogP contribution is -2.34. The van der Waals surface area contributed by atoms with Crippen molar-refractivity contribution in [3.8, 4) is 0 Å². The molecule has 0 bridgehead atoms. The van der Waals surface area contributed by atoms with E-state index in [-0.39, 0.29) is 24.4 Å². The highest BCUT2D eigenvalue weighted by atomic mass is 16.5. The molecule has 3 rings (SSSR count). The number of hydrogen-bond acceptors (Lipinski definition) is 5. The predicted octanol–water partition coefficient (Wildman–Crippen LogP) is 1.43. The van der Waals surface area contributed by atoms with Gasteiger partial charge in [0.2, 0.25) is 5.91 Å². The summed E-state index contributed by atoms with van der Waals surface area (Å²) in [5.74, 6) is -0.806. The zero-order valence-electron chi connectivity index (χ0n) is 14.8. The Balaban J connectivity index is 1.85. The van der Waals surface area contributed by atoms with Gasteiger partial charge in [0.1, 0.15) is 6.54 Å². The van der Waals surface area contributed by atoms with Crippen LogP contribution in [-0.2, 0) is 33.8 Å². The summed E-state index contributed by atoms with van der Waals surface area (Å²) >= 11 is 0. The van der Waals surface area contributed by atoms with Crippen LogP contribution in [0.5, 0.6) is 0 Å². The van der Waals surface area contributed by atoms with Crippen LogP contribution in [-0.4, -0.2) is 28.8 Å². The van der Waals surface area contributed by atoms with Crippen LogP contribution in [0.3, 0.4) is 0 Å². The van der Waals surface area contributed by atoms with Gasteiger partial charge >= 0.3 is 5.97 Å². The van der Waals surface area contributed by atoms with E-state index in [2.05, 4.69) is 10.4 Å². The van der Waals surface area contributed by atoms with E-state index in [1.807, 2.05) is 30.3 Å². The zero-order chi connectivity index (χ0) is 19.2. The second-order valence-electron chi connectivity index (χ2n) is 5.97. The highest BCUT2D eigenvalue weighted by Gasteiger charge is 2.15. The first-order chi connectivity index (χ1) is 13.1. The van der Waals surface area contributed by atoms with E-state index in [1.165, 1.54) is 7.11 Å². The number of methoxy groups -OCH3 is 1. The number of ether oxygens (including phenoxy) is 1. The number of esters is 1. The number of carbonyl (C=O) groups excluding carboxylic acids is 2. The van der Waals surface area contributed by atoms with E-state index in [4.69, 9.17) is 4.74 Å². The summed E-state index contributed by atoms with van der Waals surface area (Å²) < 4.78 is 5.78. The van der Waals surface area contributed by atoms with Crippen molar-refractivity contribution in [2.75, 3.05) is 7.11 Å². The molecule has 0 saturated carbocycles. The molecule has 138 valence electrons.